The summed E-state index contributed by atoms with van der Waals surface area (Å²) in [5, 5.41) is 24.8. The van der Waals surface area contributed by atoms with Gasteiger partial charge in [0.15, 0.2) is 5.76 Å². The normalized spacial score (nSPS) is 12.8. The number of aliphatic hydroxyl groups is 3. The number of rotatable bonds is 1. The molecule has 0 spiro atoms. The molecular weight excluding hydrogens is 176 g/mol. The molecule has 0 bridgehead atoms. The van der Waals surface area contributed by atoms with Gasteiger partial charge < -0.3 is 15.3 Å². The highest BCUT2D eigenvalue weighted by Gasteiger charge is 2.06. The van der Waals surface area contributed by atoms with Crippen LogP contribution in [0.4, 0.5) is 0 Å². The van der Waals surface area contributed by atoms with Crippen molar-refractivity contribution in [2.75, 3.05) is 0 Å². The molecule has 4 heteroatoms. The van der Waals surface area contributed by atoms with Crippen molar-refractivity contribution in [2.45, 2.75) is 11.8 Å². The van der Waals surface area contributed by atoms with Crippen LogP contribution in [0.25, 0.3) is 0 Å². The molecule has 0 aliphatic heterocycles. The van der Waals surface area contributed by atoms with Crippen LogP contribution >= 0.6 is 15.9 Å². The molecule has 0 aromatic heterocycles. The molecule has 0 aliphatic rings. The predicted octanol–water partition coefficient (Wildman–Crippen LogP) is 1.61. The van der Waals surface area contributed by atoms with Gasteiger partial charge in [-0.3, -0.25) is 0 Å². The number of halogens is 1. The Morgan fingerprint density at radius 1 is 1.38 bits per heavy atom. The molecule has 0 saturated heterocycles. The Morgan fingerprint density at radius 2 is 1.75 bits per heavy atom. The minimum Gasteiger partial charge on any atom is -0.505 e. The van der Waals surface area contributed by atoms with Crippen molar-refractivity contribution in [1.82, 2.24) is 0 Å². The second kappa shape index (κ2) is 2.81. The van der Waals surface area contributed by atoms with Gasteiger partial charge in [0.05, 0.1) is 4.83 Å². The van der Waals surface area contributed by atoms with E-state index in [0.29, 0.717) is 0 Å². The predicted molar refractivity (Wildman–Crippen MR) is 33.3 cm³/mol. The molecule has 0 radical (unpaired) electrons. The highest BCUT2D eigenvalue weighted by Crippen LogP contribution is 2.08. The lowest BCUT2D eigenvalue weighted by atomic mass is 10.4. The lowest BCUT2D eigenvalue weighted by Crippen LogP contribution is -1.99. The fourth-order valence-corrected chi connectivity index (χ4v) is 0.383. The molecule has 3 N–H and O–H groups in total. The van der Waals surface area contributed by atoms with Gasteiger partial charge in [0, 0.05) is 0 Å². The smallest absolute Gasteiger partial charge is 0.314 e. The Kier molecular flexibility index (Phi) is 2.68. The van der Waals surface area contributed by atoms with Crippen LogP contribution in [0, 0.1) is 0 Å². The van der Waals surface area contributed by atoms with Gasteiger partial charge >= 0.3 is 5.95 Å². The molecule has 3 nitrogen and oxygen atoms in total. The third kappa shape index (κ3) is 2.07. The van der Waals surface area contributed by atoms with Gasteiger partial charge in [-0.2, -0.15) is 0 Å². The van der Waals surface area contributed by atoms with Crippen molar-refractivity contribution in [2.24, 2.45) is 0 Å². The SMILES string of the molecule is CC(Br)C(O)=C(O)O. The van der Waals surface area contributed by atoms with E-state index in [1.807, 2.05) is 0 Å². The fraction of sp³-hybridized carbons (Fsp3) is 0.500. The van der Waals surface area contributed by atoms with E-state index in [1.54, 1.807) is 6.92 Å². The maximum absolute atomic E-state index is 8.54. The Hall–Kier alpha value is -0.380. The van der Waals surface area contributed by atoms with E-state index in [-0.39, 0.29) is 0 Å². The van der Waals surface area contributed by atoms with Crippen molar-refractivity contribution in [1.29, 1.82) is 0 Å². The molecule has 1 atom stereocenters. The molecule has 0 rings (SSSR count). The summed E-state index contributed by atoms with van der Waals surface area (Å²) in [6.07, 6.45) is 0. The first-order valence-corrected chi connectivity index (χ1v) is 2.92. The highest BCUT2D eigenvalue weighted by atomic mass is 79.9. The van der Waals surface area contributed by atoms with Crippen LogP contribution in [0.3, 0.4) is 0 Å². The molecule has 8 heavy (non-hydrogen) atoms. The van der Waals surface area contributed by atoms with E-state index in [1.165, 1.54) is 0 Å². The van der Waals surface area contributed by atoms with E-state index in [9.17, 15) is 0 Å². The van der Waals surface area contributed by atoms with E-state index in [2.05, 4.69) is 15.9 Å². The maximum Gasteiger partial charge on any atom is 0.314 e. The fourth-order valence-electron chi connectivity index (χ4n) is 0.178. The molecule has 0 fully saturated rings. The maximum atomic E-state index is 8.54. The summed E-state index contributed by atoms with van der Waals surface area (Å²) in [6, 6.07) is 0. The molecule has 0 aliphatic carbocycles. The molecule has 0 amide bonds. The molecular formula is C4H7BrO3. The molecule has 0 aromatic rings. The largest absolute Gasteiger partial charge is 0.505 e. The second-order valence-corrected chi connectivity index (χ2v) is 2.70. The van der Waals surface area contributed by atoms with E-state index < -0.39 is 16.5 Å². The van der Waals surface area contributed by atoms with E-state index in [4.69, 9.17) is 15.3 Å². The third-order valence-electron chi connectivity index (χ3n) is 0.606. The van der Waals surface area contributed by atoms with E-state index >= 15 is 0 Å². The summed E-state index contributed by atoms with van der Waals surface area (Å²) in [4.78, 5) is -0.410. The zero-order valence-corrected chi connectivity index (χ0v) is 5.88. The van der Waals surface area contributed by atoms with Crippen LogP contribution in [0.2, 0.25) is 0 Å². The number of hydrogen-bond donors (Lipinski definition) is 3. The minimum absolute atomic E-state index is 0.410. The standard InChI is InChI=1S/C4H7BrO3/c1-2(5)3(6)4(7)8/h2,6-8H,1H3. The Bertz CT molecular complexity index is 104. The zero-order chi connectivity index (χ0) is 6.73. The number of hydrogen-bond acceptors (Lipinski definition) is 3. The van der Waals surface area contributed by atoms with Gasteiger partial charge in [0.1, 0.15) is 0 Å². The van der Waals surface area contributed by atoms with Crippen LogP contribution in [-0.2, 0) is 0 Å². The van der Waals surface area contributed by atoms with Gasteiger partial charge in [0.25, 0.3) is 0 Å². The van der Waals surface area contributed by atoms with Gasteiger partial charge in [-0.25, -0.2) is 0 Å². The average molecular weight is 183 g/mol. The summed E-state index contributed by atoms with van der Waals surface area (Å²) in [7, 11) is 0. The zero-order valence-electron chi connectivity index (χ0n) is 4.30. The van der Waals surface area contributed by atoms with Gasteiger partial charge in [-0.05, 0) is 6.92 Å². The van der Waals surface area contributed by atoms with Crippen LogP contribution in [0.5, 0.6) is 0 Å². The van der Waals surface area contributed by atoms with Crippen LogP contribution in [-0.4, -0.2) is 20.1 Å². The summed E-state index contributed by atoms with van der Waals surface area (Å²) < 4.78 is 0. The van der Waals surface area contributed by atoms with Gasteiger partial charge in [0.2, 0.25) is 0 Å². The van der Waals surface area contributed by atoms with E-state index in [0.717, 1.165) is 0 Å². The number of allylic oxidation sites excluding steroid dienone is 1. The topological polar surface area (TPSA) is 60.7 Å². The summed E-state index contributed by atoms with van der Waals surface area (Å²) in [5.41, 5.74) is 0. The molecule has 0 aromatic carbocycles. The third-order valence-corrected chi connectivity index (χ3v) is 1.04. The van der Waals surface area contributed by atoms with Crippen molar-refractivity contribution >= 4 is 15.9 Å². The first-order chi connectivity index (χ1) is 3.55. The van der Waals surface area contributed by atoms with Crippen LogP contribution in [0.15, 0.2) is 11.7 Å². The van der Waals surface area contributed by atoms with Crippen molar-refractivity contribution in [3.63, 3.8) is 0 Å². The second-order valence-electron chi connectivity index (χ2n) is 1.32. The molecule has 1 unspecified atom stereocenters. The minimum atomic E-state index is -1.03. The molecule has 0 heterocycles. The summed E-state index contributed by atoms with van der Waals surface area (Å²) >= 11 is 2.91. The summed E-state index contributed by atoms with van der Waals surface area (Å²) in [5.74, 6) is -1.49. The van der Waals surface area contributed by atoms with Crippen LogP contribution in [0.1, 0.15) is 6.92 Å². The van der Waals surface area contributed by atoms with Crippen LogP contribution < -0.4 is 0 Å². The molecule has 0 saturated carbocycles. The molecule has 48 valence electrons. The lowest BCUT2D eigenvalue weighted by molar-refractivity contribution is 0.156. The first-order valence-electron chi connectivity index (χ1n) is 2.01. The number of aliphatic hydroxyl groups excluding tert-OH is 2. The Balaban J connectivity index is 4.00. The van der Waals surface area contributed by atoms with Crippen molar-refractivity contribution in [3.8, 4) is 0 Å². The lowest BCUT2D eigenvalue weighted by Gasteiger charge is -1.98. The Morgan fingerprint density at radius 3 is 1.75 bits per heavy atom. The number of alkyl halides is 1. The van der Waals surface area contributed by atoms with Gasteiger partial charge in [-0.1, -0.05) is 15.9 Å². The average Bonchev–Trinajstić information content (AvgIpc) is 1.64. The Labute approximate surface area is 55.4 Å². The van der Waals surface area contributed by atoms with Crippen molar-refractivity contribution in [3.05, 3.63) is 11.7 Å². The summed E-state index contributed by atoms with van der Waals surface area (Å²) in [6.45, 7) is 1.57. The quantitative estimate of drug-likeness (QED) is 0.427. The first kappa shape index (κ1) is 7.62. The van der Waals surface area contributed by atoms with Crippen molar-refractivity contribution < 1.29 is 15.3 Å². The monoisotopic (exact) mass is 182 g/mol. The van der Waals surface area contributed by atoms with Gasteiger partial charge in [-0.15, -0.1) is 0 Å². The highest BCUT2D eigenvalue weighted by molar-refractivity contribution is 9.09.